The maximum Gasteiger partial charge on any atom is 0.239 e. The van der Waals surface area contributed by atoms with Gasteiger partial charge in [-0.2, -0.15) is 0 Å². The minimum absolute atomic E-state index is 0.0625. The molecule has 0 fully saturated rings. The number of carbonyl (C=O) groups excluding carboxylic acids is 2. The molecule has 0 heterocycles. The van der Waals surface area contributed by atoms with Gasteiger partial charge in [-0.1, -0.05) is 71.1 Å². The van der Waals surface area contributed by atoms with Gasteiger partial charge in [-0.3, -0.25) is 9.59 Å². The van der Waals surface area contributed by atoms with Gasteiger partial charge >= 0.3 is 0 Å². The average molecular weight is 356 g/mol. The molecule has 1 atom stereocenters. The van der Waals surface area contributed by atoms with Gasteiger partial charge in [-0.25, -0.2) is 0 Å². The first-order valence-electron chi connectivity index (χ1n) is 10.4. The lowest BCUT2D eigenvalue weighted by atomic mass is 10.0. The molecule has 0 radical (unpaired) electrons. The van der Waals surface area contributed by atoms with Crippen LogP contribution in [0.5, 0.6) is 0 Å². The number of carbonyl (C=O) groups is 2. The van der Waals surface area contributed by atoms with E-state index < -0.39 is 11.9 Å². The third-order valence-corrected chi connectivity index (χ3v) is 4.63. The van der Waals surface area contributed by atoms with E-state index in [0.717, 1.165) is 25.7 Å². The number of primary amides is 1. The molecular weight excluding hydrogens is 314 g/mol. The van der Waals surface area contributed by atoms with Crippen molar-refractivity contribution in [2.45, 2.75) is 109 Å². The van der Waals surface area contributed by atoms with E-state index in [-0.39, 0.29) is 5.91 Å². The molecule has 0 aromatic carbocycles. The maximum atomic E-state index is 11.9. The molecule has 148 valence electrons. The Morgan fingerprint density at radius 2 is 1.32 bits per heavy atom. The van der Waals surface area contributed by atoms with E-state index in [1.54, 1.807) is 0 Å². The van der Waals surface area contributed by atoms with Crippen molar-refractivity contribution in [3.63, 3.8) is 0 Å². The van der Waals surface area contributed by atoms with E-state index in [9.17, 15) is 9.59 Å². The number of rotatable bonds is 18. The molecule has 5 nitrogen and oxygen atoms in total. The van der Waals surface area contributed by atoms with Crippen molar-refractivity contribution in [3.8, 4) is 0 Å². The predicted octanol–water partition coefficient (Wildman–Crippen LogP) is 3.79. The number of unbranched alkanes of at least 4 members (excludes halogenated alkanes) is 11. The summed E-state index contributed by atoms with van der Waals surface area (Å²) >= 11 is 0. The van der Waals surface area contributed by atoms with E-state index in [1.165, 1.54) is 57.8 Å². The Balaban J connectivity index is 3.54. The zero-order valence-corrected chi connectivity index (χ0v) is 16.4. The van der Waals surface area contributed by atoms with Crippen LogP contribution in [-0.4, -0.2) is 24.4 Å². The second kappa shape index (κ2) is 17.7. The lowest BCUT2D eigenvalue weighted by Crippen LogP contribution is -2.44. The molecule has 5 N–H and O–H groups in total. The van der Waals surface area contributed by atoms with Crippen molar-refractivity contribution in [2.75, 3.05) is 6.54 Å². The monoisotopic (exact) mass is 355 g/mol. The van der Waals surface area contributed by atoms with Crippen LogP contribution in [0, 0.1) is 0 Å². The molecule has 25 heavy (non-hydrogen) atoms. The van der Waals surface area contributed by atoms with E-state index in [1.807, 2.05) is 0 Å². The second-order valence-corrected chi connectivity index (χ2v) is 7.09. The Morgan fingerprint density at radius 1 is 0.800 bits per heavy atom. The molecule has 0 saturated heterocycles. The highest BCUT2D eigenvalue weighted by molar-refractivity contribution is 5.86. The van der Waals surface area contributed by atoms with Crippen molar-refractivity contribution in [3.05, 3.63) is 0 Å². The summed E-state index contributed by atoms with van der Waals surface area (Å²) < 4.78 is 0. The highest BCUT2D eigenvalue weighted by Crippen LogP contribution is 2.12. The van der Waals surface area contributed by atoms with Crippen molar-refractivity contribution in [1.29, 1.82) is 0 Å². The van der Waals surface area contributed by atoms with Crippen LogP contribution in [0.15, 0.2) is 0 Å². The third-order valence-electron chi connectivity index (χ3n) is 4.63. The molecular formula is C20H41N3O2. The molecule has 0 aromatic heterocycles. The van der Waals surface area contributed by atoms with Gasteiger partial charge in [0.2, 0.25) is 11.8 Å². The first-order valence-corrected chi connectivity index (χ1v) is 10.4. The molecule has 5 heteroatoms. The SMILES string of the molecule is CCCCCCCCCCCCCC(=O)NC(CCCCN)C(N)=O. The Bertz CT molecular complexity index is 335. The molecule has 0 bridgehead atoms. The van der Waals surface area contributed by atoms with Crippen LogP contribution in [0.4, 0.5) is 0 Å². The van der Waals surface area contributed by atoms with Crippen molar-refractivity contribution >= 4 is 11.8 Å². The molecule has 1 unspecified atom stereocenters. The number of amides is 2. The number of hydrogen-bond acceptors (Lipinski definition) is 3. The fraction of sp³-hybridized carbons (Fsp3) is 0.900. The van der Waals surface area contributed by atoms with Crippen molar-refractivity contribution in [1.82, 2.24) is 5.32 Å². The van der Waals surface area contributed by atoms with Gasteiger partial charge in [0.25, 0.3) is 0 Å². The summed E-state index contributed by atoms with van der Waals surface area (Å²) in [4.78, 5) is 23.3. The summed E-state index contributed by atoms with van der Waals surface area (Å²) in [5.41, 5.74) is 10.8. The lowest BCUT2D eigenvalue weighted by molar-refractivity contribution is -0.127. The van der Waals surface area contributed by atoms with Gasteiger partial charge in [-0.05, 0) is 32.2 Å². The van der Waals surface area contributed by atoms with E-state index in [4.69, 9.17) is 11.5 Å². The topological polar surface area (TPSA) is 98.2 Å². The lowest BCUT2D eigenvalue weighted by Gasteiger charge is -2.15. The van der Waals surface area contributed by atoms with E-state index in [0.29, 0.717) is 19.4 Å². The predicted molar refractivity (Wildman–Crippen MR) is 105 cm³/mol. The smallest absolute Gasteiger partial charge is 0.239 e. The first-order chi connectivity index (χ1) is 12.1. The molecule has 0 aromatic rings. The Morgan fingerprint density at radius 3 is 1.80 bits per heavy atom. The molecule has 0 aliphatic carbocycles. The number of nitrogens with two attached hydrogens (primary N) is 2. The second-order valence-electron chi connectivity index (χ2n) is 7.09. The Hall–Kier alpha value is -1.10. The summed E-state index contributed by atoms with van der Waals surface area (Å²) in [6.07, 6.45) is 16.6. The van der Waals surface area contributed by atoms with Gasteiger partial charge in [0.1, 0.15) is 6.04 Å². The minimum Gasteiger partial charge on any atom is -0.368 e. The molecule has 2 amide bonds. The van der Waals surface area contributed by atoms with Crippen LogP contribution in [0.2, 0.25) is 0 Å². The zero-order valence-electron chi connectivity index (χ0n) is 16.4. The molecule has 0 aliphatic rings. The minimum atomic E-state index is -0.549. The van der Waals surface area contributed by atoms with Gasteiger partial charge < -0.3 is 16.8 Å². The Labute approximate surface area is 154 Å². The van der Waals surface area contributed by atoms with Crippen molar-refractivity contribution < 1.29 is 9.59 Å². The highest BCUT2D eigenvalue weighted by Gasteiger charge is 2.16. The fourth-order valence-electron chi connectivity index (χ4n) is 2.99. The van der Waals surface area contributed by atoms with Gasteiger partial charge in [0.05, 0.1) is 0 Å². The normalized spacial score (nSPS) is 12.1. The van der Waals surface area contributed by atoms with Crippen LogP contribution in [-0.2, 0) is 9.59 Å². The summed E-state index contributed by atoms with van der Waals surface area (Å²) in [6.45, 7) is 2.84. The van der Waals surface area contributed by atoms with Crippen molar-refractivity contribution in [2.24, 2.45) is 11.5 Å². The van der Waals surface area contributed by atoms with Crippen LogP contribution < -0.4 is 16.8 Å². The maximum absolute atomic E-state index is 11.9. The quantitative estimate of drug-likeness (QED) is 0.326. The molecule has 0 saturated carbocycles. The van der Waals surface area contributed by atoms with Gasteiger partial charge in [0, 0.05) is 6.42 Å². The van der Waals surface area contributed by atoms with Gasteiger partial charge in [-0.15, -0.1) is 0 Å². The first kappa shape index (κ1) is 23.9. The third kappa shape index (κ3) is 16.1. The summed E-state index contributed by atoms with van der Waals surface area (Å²) in [7, 11) is 0. The highest BCUT2D eigenvalue weighted by atomic mass is 16.2. The van der Waals surface area contributed by atoms with Gasteiger partial charge in [0.15, 0.2) is 0 Å². The summed E-state index contributed by atoms with van der Waals surface area (Å²) in [5, 5.41) is 2.76. The van der Waals surface area contributed by atoms with Crippen LogP contribution in [0.3, 0.4) is 0 Å². The molecule has 0 spiro atoms. The van der Waals surface area contributed by atoms with E-state index in [2.05, 4.69) is 12.2 Å². The van der Waals surface area contributed by atoms with E-state index >= 15 is 0 Å². The largest absolute Gasteiger partial charge is 0.368 e. The fourth-order valence-corrected chi connectivity index (χ4v) is 2.99. The average Bonchev–Trinajstić information content (AvgIpc) is 2.58. The van der Waals surface area contributed by atoms with Crippen LogP contribution in [0.25, 0.3) is 0 Å². The number of nitrogens with one attached hydrogen (secondary N) is 1. The molecule has 0 aliphatic heterocycles. The van der Waals surface area contributed by atoms with Crippen LogP contribution >= 0.6 is 0 Å². The number of hydrogen-bond donors (Lipinski definition) is 3. The van der Waals surface area contributed by atoms with Crippen LogP contribution in [0.1, 0.15) is 103 Å². The zero-order chi connectivity index (χ0) is 18.8. The standard InChI is InChI=1S/C20H41N3O2/c1-2-3-4-5-6-7-8-9-10-11-12-16-19(24)23-18(20(22)25)15-13-14-17-21/h18H,2-17,21H2,1H3,(H2,22,25)(H,23,24). The Kier molecular flexibility index (Phi) is 16.9. The summed E-state index contributed by atoms with van der Waals surface area (Å²) in [6, 6.07) is -0.549. The summed E-state index contributed by atoms with van der Waals surface area (Å²) in [5.74, 6) is -0.517. The molecule has 0 rings (SSSR count).